The van der Waals surface area contributed by atoms with E-state index in [9.17, 15) is 0 Å². The molecule has 0 nitrogen and oxygen atoms in total. The lowest BCUT2D eigenvalue weighted by molar-refractivity contribution is 0.911. The SMILES string of the molecule is C=CCCC[C]=S. The molecule has 1 heteroatoms. The predicted octanol–water partition coefficient (Wildman–Crippen LogP) is 2.22. The van der Waals surface area contributed by atoms with Crippen LogP contribution in [0.4, 0.5) is 0 Å². The zero-order valence-corrected chi connectivity index (χ0v) is 5.13. The van der Waals surface area contributed by atoms with Crippen LogP contribution in [0.3, 0.4) is 0 Å². The maximum absolute atomic E-state index is 4.48. The summed E-state index contributed by atoms with van der Waals surface area (Å²) in [5.74, 6) is 0. The van der Waals surface area contributed by atoms with Crippen LogP contribution in [0, 0.1) is 0 Å². The summed E-state index contributed by atoms with van der Waals surface area (Å²) in [6.07, 6.45) is 4.98. The van der Waals surface area contributed by atoms with Crippen molar-refractivity contribution in [1.82, 2.24) is 0 Å². The van der Waals surface area contributed by atoms with E-state index in [2.05, 4.69) is 24.2 Å². The van der Waals surface area contributed by atoms with Crippen LogP contribution in [0.25, 0.3) is 0 Å². The molecule has 7 heavy (non-hydrogen) atoms. The Kier molecular flexibility index (Phi) is 5.69. The molecule has 0 N–H and O–H groups in total. The Bertz CT molecular complexity index is 49.2. The van der Waals surface area contributed by atoms with E-state index in [-0.39, 0.29) is 0 Å². The number of hydrogen-bond acceptors (Lipinski definition) is 1. The number of rotatable bonds is 4. The highest BCUT2D eigenvalue weighted by Crippen LogP contribution is 1.91. The minimum absolute atomic E-state index is 0.918. The second kappa shape index (κ2) is 5.83. The van der Waals surface area contributed by atoms with Crippen molar-refractivity contribution in [3.63, 3.8) is 0 Å². The molecule has 39 valence electrons. The van der Waals surface area contributed by atoms with Crippen LogP contribution in [-0.4, -0.2) is 5.37 Å². The molecular weight excluding hydrogens is 104 g/mol. The van der Waals surface area contributed by atoms with Gasteiger partial charge in [-0.1, -0.05) is 18.3 Å². The molecule has 0 aromatic carbocycles. The van der Waals surface area contributed by atoms with Crippen LogP contribution in [0.15, 0.2) is 12.7 Å². The summed E-state index contributed by atoms with van der Waals surface area (Å²) in [5, 5.41) is 2.64. The highest BCUT2D eigenvalue weighted by molar-refractivity contribution is 7.78. The van der Waals surface area contributed by atoms with Gasteiger partial charge in [-0.05, 0) is 19.3 Å². The fourth-order valence-corrected chi connectivity index (χ4v) is 0.463. The largest absolute Gasteiger partial charge is 0.103 e. The molecule has 0 bridgehead atoms. The Balaban J connectivity index is 2.68. The van der Waals surface area contributed by atoms with Crippen molar-refractivity contribution in [1.29, 1.82) is 0 Å². The van der Waals surface area contributed by atoms with E-state index in [4.69, 9.17) is 0 Å². The normalized spacial score (nSPS) is 8.00. The van der Waals surface area contributed by atoms with Gasteiger partial charge in [-0.2, -0.15) is 0 Å². The van der Waals surface area contributed by atoms with Crippen LogP contribution >= 0.6 is 12.2 Å². The second-order valence-corrected chi connectivity index (χ2v) is 1.61. The van der Waals surface area contributed by atoms with E-state index >= 15 is 0 Å². The van der Waals surface area contributed by atoms with Gasteiger partial charge in [0.1, 0.15) is 0 Å². The lowest BCUT2D eigenvalue weighted by atomic mass is 10.2. The van der Waals surface area contributed by atoms with Gasteiger partial charge in [0, 0.05) is 5.37 Å². The molecule has 0 aliphatic carbocycles. The van der Waals surface area contributed by atoms with E-state index < -0.39 is 0 Å². The molecule has 0 aliphatic rings. The monoisotopic (exact) mass is 113 g/mol. The lowest BCUT2D eigenvalue weighted by Gasteiger charge is -1.82. The van der Waals surface area contributed by atoms with E-state index in [1.807, 2.05) is 6.08 Å². The molecule has 0 unspecified atom stereocenters. The maximum Gasteiger partial charge on any atom is 0.0291 e. The number of allylic oxidation sites excluding steroid dienone is 1. The van der Waals surface area contributed by atoms with Gasteiger partial charge in [0.2, 0.25) is 0 Å². The van der Waals surface area contributed by atoms with Crippen molar-refractivity contribution in [3.8, 4) is 0 Å². The molecule has 0 saturated carbocycles. The molecule has 0 spiro atoms. The van der Waals surface area contributed by atoms with E-state index in [0.29, 0.717) is 0 Å². The summed E-state index contributed by atoms with van der Waals surface area (Å²) in [6.45, 7) is 3.57. The molecule has 0 aliphatic heterocycles. The number of hydrogen-bond donors (Lipinski definition) is 0. The van der Waals surface area contributed by atoms with Gasteiger partial charge in [0.15, 0.2) is 0 Å². The van der Waals surface area contributed by atoms with Crippen LogP contribution < -0.4 is 0 Å². The standard InChI is InChI=1S/C6H9S/c1-2-3-4-5-6-7/h2H,1,3-5H2. The topological polar surface area (TPSA) is 0 Å². The molecule has 1 radical (unpaired) electrons. The van der Waals surface area contributed by atoms with Gasteiger partial charge in [0.25, 0.3) is 0 Å². The third kappa shape index (κ3) is 5.83. The molecule has 0 heterocycles. The summed E-state index contributed by atoms with van der Waals surface area (Å²) < 4.78 is 0. The zero-order valence-electron chi connectivity index (χ0n) is 4.31. The van der Waals surface area contributed by atoms with Crippen LogP contribution in [-0.2, 0) is 0 Å². The first kappa shape index (κ1) is 6.83. The second-order valence-electron chi connectivity index (χ2n) is 1.33. The molecule has 0 atom stereocenters. The Morgan fingerprint density at radius 2 is 2.43 bits per heavy atom. The molecular formula is C6H9S. The molecule has 0 aromatic rings. The summed E-state index contributed by atoms with van der Waals surface area (Å²) in [5.41, 5.74) is 0. The first-order valence-electron chi connectivity index (χ1n) is 2.37. The Morgan fingerprint density at radius 3 is 2.86 bits per heavy atom. The Hall–Kier alpha value is -0.170. The van der Waals surface area contributed by atoms with Gasteiger partial charge >= 0.3 is 0 Å². The molecule has 0 amide bonds. The summed E-state index contributed by atoms with van der Waals surface area (Å²) in [6, 6.07) is 0. The quantitative estimate of drug-likeness (QED) is 0.306. The molecule has 0 aromatic heterocycles. The fourth-order valence-electron chi connectivity index (χ4n) is 0.319. The van der Waals surface area contributed by atoms with Crippen LogP contribution in [0.5, 0.6) is 0 Å². The van der Waals surface area contributed by atoms with Gasteiger partial charge in [-0.25, -0.2) is 0 Å². The van der Waals surface area contributed by atoms with Gasteiger partial charge in [-0.3, -0.25) is 0 Å². The molecule has 0 saturated heterocycles. The summed E-state index contributed by atoms with van der Waals surface area (Å²) in [7, 11) is 0. The number of thiocarbonyl (C=S) groups is 1. The van der Waals surface area contributed by atoms with Gasteiger partial charge < -0.3 is 0 Å². The number of unbranched alkanes of at least 4 members (excludes halogenated alkanes) is 2. The van der Waals surface area contributed by atoms with E-state index in [0.717, 1.165) is 19.3 Å². The summed E-state index contributed by atoms with van der Waals surface area (Å²) in [4.78, 5) is 0. The lowest BCUT2D eigenvalue weighted by Crippen LogP contribution is -1.69. The van der Waals surface area contributed by atoms with Crippen molar-refractivity contribution >= 4 is 17.6 Å². The highest BCUT2D eigenvalue weighted by Gasteiger charge is 1.75. The van der Waals surface area contributed by atoms with Crippen molar-refractivity contribution in [2.45, 2.75) is 19.3 Å². The van der Waals surface area contributed by atoms with Crippen molar-refractivity contribution in [2.75, 3.05) is 0 Å². The third-order valence-corrected chi connectivity index (χ3v) is 0.891. The van der Waals surface area contributed by atoms with Crippen molar-refractivity contribution < 1.29 is 0 Å². The van der Waals surface area contributed by atoms with Crippen molar-refractivity contribution in [3.05, 3.63) is 12.7 Å². The smallest absolute Gasteiger partial charge is 0.0291 e. The highest BCUT2D eigenvalue weighted by atomic mass is 32.1. The van der Waals surface area contributed by atoms with Crippen LogP contribution in [0.2, 0.25) is 0 Å². The van der Waals surface area contributed by atoms with Crippen LogP contribution in [0.1, 0.15) is 19.3 Å². The molecule has 0 rings (SSSR count). The average molecular weight is 113 g/mol. The average Bonchev–Trinajstić information content (AvgIpc) is 1.69. The predicted molar refractivity (Wildman–Crippen MR) is 36.6 cm³/mol. The zero-order chi connectivity index (χ0) is 5.54. The Labute approximate surface area is 50.2 Å². The minimum Gasteiger partial charge on any atom is -0.103 e. The van der Waals surface area contributed by atoms with E-state index in [1.54, 1.807) is 0 Å². The fraction of sp³-hybridized carbons (Fsp3) is 0.500. The molecule has 0 fully saturated rings. The first-order valence-corrected chi connectivity index (χ1v) is 2.78. The van der Waals surface area contributed by atoms with Gasteiger partial charge in [0.05, 0.1) is 0 Å². The Morgan fingerprint density at radius 1 is 1.71 bits per heavy atom. The third-order valence-electron chi connectivity index (χ3n) is 0.687. The van der Waals surface area contributed by atoms with Gasteiger partial charge in [-0.15, -0.1) is 6.58 Å². The minimum atomic E-state index is 0.918. The van der Waals surface area contributed by atoms with Crippen molar-refractivity contribution in [2.24, 2.45) is 0 Å². The van der Waals surface area contributed by atoms with E-state index in [1.165, 1.54) is 0 Å². The first-order chi connectivity index (χ1) is 3.41. The summed E-state index contributed by atoms with van der Waals surface area (Å²) >= 11 is 4.48. The maximum atomic E-state index is 4.48.